The van der Waals surface area contributed by atoms with E-state index in [4.69, 9.17) is 0 Å². The molecule has 1 aliphatic heterocycles. The van der Waals surface area contributed by atoms with Crippen LogP contribution in [0.3, 0.4) is 0 Å². The summed E-state index contributed by atoms with van der Waals surface area (Å²) in [4.78, 5) is 11.1. The van der Waals surface area contributed by atoms with E-state index in [-0.39, 0.29) is 5.91 Å². The zero-order chi connectivity index (χ0) is 12.1. The lowest BCUT2D eigenvalue weighted by Crippen LogP contribution is -2.27. The van der Waals surface area contributed by atoms with Crippen molar-refractivity contribution in [2.45, 2.75) is 33.6 Å². The molecule has 0 bridgehead atoms. The van der Waals surface area contributed by atoms with Crippen LogP contribution in [0, 0.1) is 0 Å². The largest absolute Gasteiger partial charge is 0.374 e. The molecule has 0 unspecified atom stereocenters. The molecule has 3 heteroatoms. The van der Waals surface area contributed by atoms with Crippen LogP contribution in [0.1, 0.15) is 39.2 Å². The number of nitrogens with one attached hydrogen (secondary N) is 2. The molecule has 3 nitrogen and oxygen atoms in total. The Morgan fingerprint density at radius 1 is 1.19 bits per heavy atom. The molecule has 0 saturated heterocycles. The van der Waals surface area contributed by atoms with Crippen LogP contribution in [0.25, 0.3) is 0 Å². The molecular formula is C13H20N2O. The van der Waals surface area contributed by atoms with Gasteiger partial charge in [-0.3, -0.25) is 4.79 Å². The number of anilines is 2. The second kappa shape index (κ2) is 5.54. The van der Waals surface area contributed by atoms with Gasteiger partial charge in [-0.2, -0.15) is 0 Å². The average molecular weight is 220 g/mol. The smallest absolute Gasteiger partial charge is 0.243 e. The van der Waals surface area contributed by atoms with Crippen molar-refractivity contribution in [1.29, 1.82) is 0 Å². The Kier molecular flexibility index (Phi) is 4.35. The van der Waals surface area contributed by atoms with E-state index in [1.54, 1.807) is 0 Å². The third-order valence-corrected chi connectivity index (χ3v) is 2.42. The van der Waals surface area contributed by atoms with E-state index in [0.717, 1.165) is 11.4 Å². The van der Waals surface area contributed by atoms with Crippen LogP contribution in [0.2, 0.25) is 0 Å². The summed E-state index contributed by atoms with van der Waals surface area (Å²) in [6, 6.07) is 6.10. The van der Waals surface area contributed by atoms with Crippen LogP contribution >= 0.6 is 0 Å². The first kappa shape index (κ1) is 12.6. The Bertz CT molecular complexity index is 372. The summed E-state index contributed by atoms with van der Waals surface area (Å²) < 4.78 is 0. The van der Waals surface area contributed by atoms with Crippen LogP contribution in [-0.2, 0) is 4.79 Å². The predicted molar refractivity (Wildman–Crippen MR) is 69.0 cm³/mol. The molecular weight excluding hydrogens is 200 g/mol. The molecule has 0 spiro atoms. The van der Waals surface area contributed by atoms with Crippen molar-refractivity contribution in [3.63, 3.8) is 0 Å². The molecule has 0 atom stereocenters. The summed E-state index contributed by atoms with van der Waals surface area (Å²) in [7, 11) is 0. The number of benzene rings is 1. The first-order valence-electron chi connectivity index (χ1n) is 5.84. The molecule has 0 radical (unpaired) electrons. The molecule has 2 N–H and O–H groups in total. The topological polar surface area (TPSA) is 41.1 Å². The highest BCUT2D eigenvalue weighted by Gasteiger charge is 2.14. The van der Waals surface area contributed by atoms with Gasteiger partial charge in [0.2, 0.25) is 5.91 Å². The highest BCUT2D eigenvalue weighted by atomic mass is 16.2. The Labute approximate surface area is 97.2 Å². The van der Waals surface area contributed by atoms with Crippen molar-refractivity contribution in [2.75, 3.05) is 17.2 Å². The van der Waals surface area contributed by atoms with E-state index in [2.05, 4.69) is 36.6 Å². The van der Waals surface area contributed by atoms with E-state index in [1.807, 2.05) is 19.9 Å². The van der Waals surface area contributed by atoms with E-state index in [1.165, 1.54) is 5.56 Å². The van der Waals surface area contributed by atoms with Gasteiger partial charge in [0, 0.05) is 0 Å². The van der Waals surface area contributed by atoms with Crippen LogP contribution in [0.15, 0.2) is 18.2 Å². The number of carbonyl (C=O) groups is 1. The van der Waals surface area contributed by atoms with Gasteiger partial charge in [-0.05, 0) is 23.6 Å². The van der Waals surface area contributed by atoms with Crippen molar-refractivity contribution in [2.24, 2.45) is 0 Å². The number of rotatable bonds is 1. The van der Waals surface area contributed by atoms with Crippen molar-refractivity contribution >= 4 is 17.3 Å². The molecule has 1 aliphatic rings. The quantitative estimate of drug-likeness (QED) is 0.763. The molecule has 0 saturated carbocycles. The van der Waals surface area contributed by atoms with Crippen LogP contribution < -0.4 is 10.6 Å². The Morgan fingerprint density at radius 2 is 1.88 bits per heavy atom. The molecule has 16 heavy (non-hydrogen) atoms. The summed E-state index contributed by atoms with van der Waals surface area (Å²) in [5, 5.41) is 5.92. The van der Waals surface area contributed by atoms with Crippen molar-refractivity contribution in [1.82, 2.24) is 0 Å². The summed E-state index contributed by atoms with van der Waals surface area (Å²) in [5.41, 5.74) is 3.19. The minimum absolute atomic E-state index is 0.0230. The van der Waals surface area contributed by atoms with Gasteiger partial charge >= 0.3 is 0 Å². The van der Waals surface area contributed by atoms with E-state index >= 15 is 0 Å². The van der Waals surface area contributed by atoms with Crippen molar-refractivity contribution < 1.29 is 4.79 Å². The minimum atomic E-state index is 0.0230. The molecule has 1 aromatic carbocycles. The summed E-state index contributed by atoms with van der Waals surface area (Å²) in [5.74, 6) is 0.537. The summed E-state index contributed by atoms with van der Waals surface area (Å²) in [6.45, 7) is 8.68. The molecule has 88 valence electrons. The number of carbonyl (C=O) groups excluding carboxylic acids is 1. The number of hydrogen-bond acceptors (Lipinski definition) is 2. The monoisotopic (exact) mass is 220 g/mol. The maximum absolute atomic E-state index is 11.1. The molecule has 1 heterocycles. The molecule has 0 aliphatic carbocycles. The Hall–Kier alpha value is -1.51. The van der Waals surface area contributed by atoms with Gasteiger partial charge in [-0.1, -0.05) is 33.8 Å². The standard InChI is InChI=1S/C11H14N2O.C2H6/c1-7(2)8-3-4-9-10(5-8)12-6-11(14)13-9;1-2/h3-5,7,12H,6H2,1-2H3,(H,13,14);1-2H3. The fraction of sp³-hybridized carbons (Fsp3) is 0.462. The normalized spacial score (nSPS) is 13.2. The lowest BCUT2D eigenvalue weighted by Gasteiger charge is -2.20. The van der Waals surface area contributed by atoms with E-state index < -0.39 is 0 Å². The van der Waals surface area contributed by atoms with Gasteiger partial charge in [0.1, 0.15) is 0 Å². The Balaban J connectivity index is 0.000000606. The van der Waals surface area contributed by atoms with Gasteiger partial charge < -0.3 is 10.6 Å². The van der Waals surface area contributed by atoms with Gasteiger partial charge in [-0.25, -0.2) is 0 Å². The van der Waals surface area contributed by atoms with Crippen molar-refractivity contribution in [3.8, 4) is 0 Å². The number of amides is 1. The third-order valence-electron chi connectivity index (χ3n) is 2.42. The molecule has 0 aromatic heterocycles. The highest BCUT2D eigenvalue weighted by molar-refractivity contribution is 6.00. The zero-order valence-electron chi connectivity index (χ0n) is 10.4. The number of fused-ring (bicyclic) bond motifs is 1. The molecule has 1 aromatic rings. The van der Waals surface area contributed by atoms with Crippen LogP contribution in [0.5, 0.6) is 0 Å². The fourth-order valence-corrected chi connectivity index (χ4v) is 1.55. The van der Waals surface area contributed by atoms with Crippen LogP contribution in [-0.4, -0.2) is 12.5 Å². The maximum atomic E-state index is 11.1. The lowest BCUT2D eigenvalue weighted by atomic mass is 10.0. The first-order chi connectivity index (χ1) is 7.66. The second-order valence-electron chi connectivity index (χ2n) is 3.86. The minimum Gasteiger partial charge on any atom is -0.374 e. The molecule has 2 rings (SSSR count). The van der Waals surface area contributed by atoms with Gasteiger partial charge in [0.05, 0.1) is 17.9 Å². The van der Waals surface area contributed by atoms with Crippen LogP contribution in [0.4, 0.5) is 11.4 Å². The average Bonchev–Trinajstić information content (AvgIpc) is 2.30. The third kappa shape index (κ3) is 2.75. The second-order valence-corrected chi connectivity index (χ2v) is 3.86. The van der Waals surface area contributed by atoms with E-state index in [0.29, 0.717) is 12.5 Å². The fourth-order valence-electron chi connectivity index (χ4n) is 1.55. The van der Waals surface area contributed by atoms with Crippen molar-refractivity contribution in [3.05, 3.63) is 23.8 Å². The maximum Gasteiger partial charge on any atom is 0.243 e. The lowest BCUT2D eigenvalue weighted by molar-refractivity contribution is -0.114. The molecule has 0 fully saturated rings. The SMILES string of the molecule is CC.CC(C)c1ccc2c(c1)NCC(=O)N2. The predicted octanol–water partition coefficient (Wildman–Crippen LogP) is 3.20. The molecule has 1 amide bonds. The highest BCUT2D eigenvalue weighted by Crippen LogP contribution is 2.28. The van der Waals surface area contributed by atoms with E-state index in [9.17, 15) is 4.79 Å². The summed E-state index contributed by atoms with van der Waals surface area (Å²) in [6.07, 6.45) is 0. The zero-order valence-corrected chi connectivity index (χ0v) is 10.4. The Morgan fingerprint density at radius 3 is 2.50 bits per heavy atom. The van der Waals surface area contributed by atoms with Gasteiger partial charge in [-0.15, -0.1) is 0 Å². The van der Waals surface area contributed by atoms with Gasteiger partial charge in [0.25, 0.3) is 0 Å². The first-order valence-corrected chi connectivity index (χ1v) is 5.84. The summed E-state index contributed by atoms with van der Waals surface area (Å²) >= 11 is 0. The van der Waals surface area contributed by atoms with Gasteiger partial charge in [0.15, 0.2) is 0 Å². The number of hydrogen-bond donors (Lipinski definition) is 2.